The molecule has 1 atom stereocenters. The Balaban J connectivity index is 2.57. The first kappa shape index (κ1) is 18.0. The molecule has 0 unspecified atom stereocenters. The Hall–Kier alpha value is -2.38. The van der Waals surface area contributed by atoms with E-state index in [1.165, 1.54) is 25.1 Å². The molecule has 0 aliphatic rings. The van der Waals surface area contributed by atoms with E-state index in [0.29, 0.717) is 6.54 Å². The van der Waals surface area contributed by atoms with Crippen LogP contribution in [0.15, 0.2) is 29.1 Å². The third-order valence-electron chi connectivity index (χ3n) is 3.66. The van der Waals surface area contributed by atoms with Crippen LogP contribution in [0, 0.1) is 0 Å². The van der Waals surface area contributed by atoms with Gasteiger partial charge in [-0.05, 0) is 25.5 Å². The number of nitrogens with one attached hydrogen (secondary N) is 1. The lowest BCUT2D eigenvalue weighted by atomic mass is 10.2. The van der Waals surface area contributed by atoms with Gasteiger partial charge in [0.05, 0.1) is 11.0 Å². The minimum atomic E-state index is -4.89. The lowest BCUT2D eigenvalue weighted by Crippen LogP contribution is -2.39. The predicted molar refractivity (Wildman–Crippen MR) is 83.6 cm³/mol. The van der Waals surface area contributed by atoms with Gasteiger partial charge < -0.3 is 5.32 Å². The maximum atomic E-state index is 13.1. The highest BCUT2D eigenvalue weighted by Gasteiger charge is 2.38. The zero-order valence-corrected chi connectivity index (χ0v) is 13.4. The van der Waals surface area contributed by atoms with Gasteiger partial charge in [0.25, 0.3) is 5.56 Å². The van der Waals surface area contributed by atoms with Crippen LogP contribution in [0.1, 0.15) is 38.4 Å². The number of hydrogen-bond acceptors (Lipinski definition) is 3. The molecule has 0 aliphatic heterocycles. The van der Waals surface area contributed by atoms with Gasteiger partial charge in [0.15, 0.2) is 0 Å². The van der Waals surface area contributed by atoms with E-state index in [2.05, 4.69) is 10.3 Å². The first-order valence-corrected chi connectivity index (χ1v) is 7.63. The number of halogens is 3. The summed E-state index contributed by atoms with van der Waals surface area (Å²) in [6, 6.07) is 4.87. The molecule has 1 heterocycles. The number of alkyl halides is 3. The van der Waals surface area contributed by atoms with Gasteiger partial charge in [-0.15, -0.1) is 0 Å². The molecule has 5 nitrogen and oxygen atoms in total. The summed E-state index contributed by atoms with van der Waals surface area (Å²) in [6.07, 6.45) is -3.27. The molecule has 0 bridgehead atoms. The lowest BCUT2D eigenvalue weighted by molar-refractivity contribution is -0.142. The van der Waals surface area contributed by atoms with Crippen LogP contribution in [-0.4, -0.2) is 22.0 Å². The molecule has 2 rings (SSSR count). The average molecular weight is 341 g/mol. The normalized spacial score (nSPS) is 13.0. The molecule has 0 fully saturated rings. The monoisotopic (exact) mass is 341 g/mol. The summed E-state index contributed by atoms with van der Waals surface area (Å²) in [5.41, 5.74) is -2.64. The second kappa shape index (κ2) is 7.02. The van der Waals surface area contributed by atoms with Gasteiger partial charge in [0.1, 0.15) is 6.04 Å². The van der Waals surface area contributed by atoms with Gasteiger partial charge in [-0.1, -0.05) is 25.5 Å². The molecule has 130 valence electrons. The number of aromatic nitrogens is 2. The molecule has 1 amide bonds. The summed E-state index contributed by atoms with van der Waals surface area (Å²) in [5, 5.41) is 2.63. The number of benzene rings is 1. The first-order chi connectivity index (χ1) is 11.3. The Kier molecular flexibility index (Phi) is 5.26. The third-order valence-corrected chi connectivity index (χ3v) is 3.66. The second-order valence-electron chi connectivity index (χ2n) is 5.44. The Morgan fingerprint density at radius 1 is 1.33 bits per heavy atom. The zero-order chi connectivity index (χ0) is 17.9. The topological polar surface area (TPSA) is 64.0 Å². The van der Waals surface area contributed by atoms with Crippen LogP contribution < -0.4 is 10.9 Å². The van der Waals surface area contributed by atoms with Crippen molar-refractivity contribution in [3.8, 4) is 0 Å². The number of amides is 1. The first-order valence-electron chi connectivity index (χ1n) is 7.63. The fourth-order valence-corrected chi connectivity index (χ4v) is 2.38. The highest BCUT2D eigenvalue weighted by molar-refractivity contribution is 5.83. The molecule has 0 saturated carbocycles. The van der Waals surface area contributed by atoms with Gasteiger partial charge in [-0.3, -0.25) is 14.2 Å². The number of nitrogens with zero attached hydrogens (tertiary/aromatic N) is 2. The van der Waals surface area contributed by atoms with Gasteiger partial charge in [-0.2, -0.15) is 13.2 Å². The summed E-state index contributed by atoms with van der Waals surface area (Å²) in [4.78, 5) is 27.9. The summed E-state index contributed by atoms with van der Waals surface area (Å²) >= 11 is 0. The molecular weight excluding hydrogens is 323 g/mol. The molecule has 0 radical (unpaired) electrons. The van der Waals surface area contributed by atoms with Crippen molar-refractivity contribution < 1.29 is 18.0 Å². The van der Waals surface area contributed by atoms with Crippen LogP contribution in [0.3, 0.4) is 0 Å². The average Bonchev–Trinajstić information content (AvgIpc) is 2.52. The molecule has 0 saturated heterocycles. The molecule has 1 aromatic heterocycles. The third kappa shape index (κ3) is 3.58. The van der Waals surface area contributed by atoms with Gasteiger partial charge >= 0.3 is 6.18 Å². The van der Waals surface area contributed by atoms with Crippen LogP contribution in [0.5, 0.6) is 0 Å². The molecule has 2 aromatic rings. The number of unbranched alkanes of at least 4 members (excludes halogenated alkanes) is 1. The minimum Gasteiger partial charge on any atom is -0.354 e. The number of carbonyl (C=O) groups is 1. The minimum absolute atomic E-state index is 0.0117. The van der Waals surface area contributed by atoms with E-state index >= 15 is 0 Å². The fourth-order valence-electron chi connectivity index (χ4n) is 2.38. The number of hydrogen-bond donors (Lipinski definition) is 1. The quantitative estimate of drug-likeness (QED) is 0.851. The van der Waals surface area contributed by atoms with Crippen LogP contribution in [0.25, 0.3) is 11.0 Å². The number of para-hydroxylation sites is 2. The molecule has 0 spiro atoms. The molecule has 1 N–H and O–H groups in total. The summed E-state index contributed by atoms with van der Waals surface area (Å²) in [7, 11) is 0. The maximum absolute atomic E-state index is 13.1. The van der Waals surface area contributed by atoms with E-state index in [4.69, 9.17) is 0 Å². The van der Waals surface area contributed by atoms with Crippen molar-refractivity contribution in [1.29, 1.82) is 0 Å². The van der Waals surface area contributed by atoms with Gasteiger partial charge in [0, 0.05) is 6.54 Å². The van der Waals surface area contributed by atoms with Crippen molar-refractivity contribution >= 4 is 16.9 Å². The SMILES string of the molecule is CCCCNC(=O)[C@H](C)n1c(=O)c(C(F)(F)F)nc2ccccc21. The van der Waals surface area contributed by atoms with Crippen LogP contribution >= 0.6 is 0 Å². The molecule has 24 heavy (non-hydrogen) atoms. The van der Waals surface area contributed by atoms with E-state index in [9.17, 15) is 22.8 Å². The van der Waals surface area contributed by atoms with E-state index in [1.54, 1.807) is 6.07 Å². The Morgan fingerprint density at radius 3 is 2.62 bits per heavy atom. The van der Waals surface area contributed by atoms with Gasteiger partial charge in [0.2, 0.25) is 11.6 Å². The Morgan fingerprint density at radius 2 is 2.00 bits per heavy atom. The van der Waals surface area contributed by atoms with Crippen molar-refractivity contribution in [3.05, 3.63) is 40.3 Å². The maximum Gasteiger partial charge on any atom is 0.438 e. The predicted octanol–water partition coefficient (Wildman–Crippen LogP) is 2.89. The van der Waals surface area contributed by atoms with Crippen molar-refractivity contribution in [2.24, 2.45) is 0 Å². The summed E-state index contributed by atoms with van der Waals surface area (Å²) in [5.74, 6) is -0.505. The molecule has 8 heteroatoms. The number of rotatable bonds is 5. The van der Waals surface area contributed by atoms with E-state index < -0.39 is 29.4 Å². The second-order valence-corrected chi connectivity index (χ2v) is 5.44. The Labute approximate surface area is 136 Å². The zero-order valence-electron chi connectivity index (χ0n) is 13.4. The van der Waals surface area contributed by atoms with Crippen molar-refractivity contribution in [2.75, 3.05) is 6.54 Å². The van der Waals surface area contributed by atoms with E-state index in [1.807, 2.05) is 6.92 Å². The fraction of sp³-hybridized carbons (Fsp3) is 0.438. The molecule has 1 aromatic carbocycles. The standard InChI is InChI=1S/C16H18F3N3O2/c1-3-4-9-20-14(23)10(2)22-12-8-6-5-7-11(12)21-13(15(22)24)16(17,18)19/h5-8,10H,3-4,9H2,1-2H3,(H,20,23)/t10-/m0/s1. The Bertz CT molecular complexity index is 799. The van der Waals surface area contributed by atoms with Crippen LogP contribution in [0.2, 0.25) is 0 Å². The highest BCUT2D eigenvalue weighted by atomic mass is 19.4. The summed E-state index contributed by atoms with van der Waals surface area (Å²) in [6.45, 7) is 3.75. The largest absolute Gasteiger partial charge is 0.438 e. The van der Waals surface area contributed by atoms with Crippen molar-refractivity contribution in [1.82, 2.24) is 14.9 Å². The molecule has 0 aliphatic carbocycles. The van der Waals surface area contributed by atoms with E-state index in [-0.39, 0.29) is 11.0 Å². The highest BCUT2D eigenvalue weighted by Crippen LogP contribution is 2.27. The lowest BCUT2D eigenvalue weighted by Gasteiger charge is -2.19. The van der Waals surface area contributed by atoms with E-state index in [0.717, 1.165) is 17.4 Å². The smallest absolute Gasteiger partial charge is 0.354 e. The van der Waals surface area contributed by atoms with Crippen molar-refractivity contribution in [2.45, 2.75) is 38.9 Å². The van der Waals surface area contributed by atoms with Crippen LogP contribution in [0.4, 0.5) is 13.2 Å². The number of fused-ring (bicyclic) bond motifs is 1. The van der Waals surface area contributed by atoms with Crippen molar-refractivity contribution in [3.63, 3.8) is 0 Å². The van der Waals surface area contributed by atoms with Gasteiger partial charge in [-0.25, -0.2) is 4.98 Å². The van der Waals surface area contributed by atoms with Crippen LogP contribution in [-0.2, 0) is 11.0 Å². The number of carbonyl (C=O) groups excluding carboxylic acids is 1. The molecular formula is C16H18F3N3O2. The summed E-state index contributed by atoms with van der Waals surface area (Å²) < 4.78 is 40.1.